The molecule has 17 heavy (non-hydrogen) atoms. The van der Waals surface area contributed by atoms with Gasteiger partial charge in [-0.05, 0) is 26.7 Å². The van der Waals surface area contributed by atoms with Gasteiger partial charge in [0, 0.05) is 12.5 Å². The third-order valence-electron chi connectivity index (χ3n) is 2.90. The molecule has 1 saturated carbocycles. The zero-order chi connectivity index (χ0) is 13.1. The topological polar surface area (TPSA) is 58.6 Å². The predicted octanol–water partition coefficient (Wildman–Crippen LogP) is 1.64. The first kappa shape index (κ1) is 14.3. The van der Waals surface area contributed by atoms with Crippen LogP contribution in [0.2, 0.25) is 0 Å². The molecule has 0 aromatic heterocycles. The second-order valence-electron chi connectivity index (χ2n) is 4.78. The molecule has 0 heterocycles. The summed E-state index contributed by atoms with van der Waals surface area (Å²) in [6.45, 7) is 3.10. The first-order valence-corrected chi connectivity index (χ1v) is 5.76. The van der Waals surface area contributed by atoms with Crippen LogP contribution in [0.15, 0.2) is 0 Å². The normalized spacial score (nSPS) is 29.2. The van der Waals surface area contributed by atoms with Crippen LogP contribution in [-0.4, -0.2) is 41.8 Å². The Morgan fingerprint density at radius 1 is 1.59 bits per heavy atom. The molecule has 2 atom stereocenters. The number of halogens is 2. The van der Waals surface area contributed by atoms with Gasteiger partial charge in [0.25, 0.3) is 6.43 Å². The maximum absolute atomic E-state index is 12.0. The molecule has 2 N–H and O–H groups in total. The fraction of sp³-hybridized carbons (Fsp3) is 0.909. The van der Waals surface area contributed by atoms with Crippen molar-refractivity contribution in [1.82, 2.24) is 5.32 Å². The van der Waals surface area contributed by atoms with Crippen LogP contribution in [0.4, 0.5) is 8.78 Å². The van der Waals surface area contributed by atoms with Gasteiger partial charge in [-0.1, -0.05) is 0 Å². The Labute approximate surface area is 99.3 Å². The Kier molecular flexibility index (Phi) is 4.82. The minimum Gasteiger partial charge on any atom is -0.480 e. The largest absolute Gasteiger partial charge is 0.480 e. The lowest BCUT2D eigenvalue weighted by molar-refractivity contribution is -0.145. The highest BCUT2D eigenvalue weighted by molar-refractivity contribution is 5.79. The van der Waals surface area contributed by atoms with Crippen molar-refractivity contribution >= 4 is 5.97 Å². The number of carboxylic acids is 1. The highest BCUT2D eigenvalue weighted by Crippen LogP contribution is 2.33. The van der Waals surface area contributed by atoms with Crippen LogP contribution in [0.3, 0.4) is 0 Å². The van der Waals surface area contributed by atoms with Crippen molar-refractivity contribution in [3.63, 3.8) is 0 Å². The molecular weight excluding hydrogens is 232 g/mol. The van der Waals surface area contributed by atoms with Crippen molar-refractivity contribution in [2.24, 2.45) is 0 Å². The fourth-order valence-corrected chi connectivity index (χ4v) is 2.29. The zero-order valence-corrected chi connectivity index (χ0v) is 10.1. The summed E-state index contributed by atoms with van der Waals surface area (Å²) in [6.07, 6.45) is -1.75. The number of carboxylic acid groups (broad SMARTS) is 1. The Morgan fingerprint density at radius 2 is 2.24 bits per heavy atom. The molecule has 1 aliphatic rings. The molecular formula is C11H19F2NO3. The molecule has 0 aromatic carbocycles. The second kappa shape index (κ2) is 5.73. The van der Waals surface area contributed by atoms with Gasteiger partial charge in [-0.3, -0.25) is 10.1 Å². The van der Waals surface area contributed by atoms with E-state index in [-0.39, 0.29) is 12.5 Å². The van der Waals surface area contributed by atoms with Crippen molar-refractivity contribution in [3.05, 3.63) is 0 Å². The summed E-state index contributed by atoms with van der Waals surface area (Å²) in [5.74, 6) is -0.936. The van der Waals surface area contributed by atoms with E-state index in [1.807, 2.05) is 13.8 Å². The van der Waals surface area contributed by atoms with Crippen LogP contribution in [0.25, 0.3) is 0 Å². The molecule has 0 amide bonds. The quantitative estimate of drug-likeness (QED) is 0.753. The highest BCUT2D eigenvalue weighted by Gasteiger charge is 2.46. The van der Waals surface area contributed by atoms with E-state index >= 15 is 0 Å². The molecule has 1 fully saturated rings. The van der Waals surface area contributed by atoms with Gasteiger partial charge in [-0.15, -0.1) is 0 Å². The van der Waals surface area contributed by atoms with Crippen LogP contribution in [-0.2, 0) is 9.53 Å². The van der Waals surface area contributed by atoms with E-state index in [1.165, 1.54) is 0 Å². The van der Waals surface area contributed by atoms with E-state index in [9.17, 15) is 18.7 Å². The SMILES string of the molecule is CC(C)NC1(C(=O)O)CCC(OCC(F)F)C1. The molecule has 6 heteroatoms. The second-order valence-corrected chi connectivity index (χ2v) is 4.78. The summed E-state index contributed by atoms with van der Waals surface area (Å²) in [5.41, 5.74) is -1.03. The van der Waals surface area contributed by atoms with Crippen molar-refractivity contribution in [2.45, 2.75) is 57.2 Å². The number of ether oxygens (including phenoxy) is 1. The molecule has 1 rings (SSSR count). The Balaban J connectivity index is 2.56. The first-order valence-electron chi connectivity index (χ1n) is 5.76. The molecule has 0 bridgehead atoms. The van der Waals surface area contributed by atoms with Gasteiger partial charge in [0.15, 0.2) is 0 Å². The lowest BCUT2D eigenvalue weighted by atomic mass is 9.96. The number of hydrogen-bond donors (Lipinski definition) is 2. The van der Waals surface area contributed by atoms with Gasteiger partial charge in [0.1, 0.15) is 12.1 Å². The van der Waals surface area contributed by atoms with Crippen molar-refractivity contribution in [2.75, 3.05) is 6.61 Å². The van der Waals surface area contributed by atoms with Gasteiger partial charge < -0.3 is 9.84 Å². The molecule has 100 valence electrons. The molecule has 4 nitrogen and oxygen atoms in total. The van der Waals surface area contributed by atoms with E-state index in [4.69, 9.17) is 4.74 Å². The smallest absolute Gasteiger partial charge is 0.324 e. The minimum atomic E-state index is -2.51. The Morgan fingerprint density at radius 3 is 2.71 bits per heavy atom. The summed E-state index contributed by atoms with van der Waals surface area (Å²) in [4.78, 5) is 11.3. The van der Waals surface area contributed by atoms with Crippen LogP contribution in [0.5, 0.6) is 0 Å². The fourth-order valence-electron chi connectivity index (χ4n) is 2.29. The van der Waals surface area contributed by atoms with Crippen LogP contribution in [0, 0.1) is 0 Å². The average Bonchev–Trinajstić information content (AvgIpc) is 2.59. The predicted molar refractivity (Wildman–Crippen MR) is 58.2 cm³/mol. The highest BCUT2D eigenvalue weighted by atomic mass is 19.3. The van der Waals surface area contributed by atoms with Gasteiger partial charge in [0.2, 0.25) is 0 Å². The average molecular weight is 251 g/mol. The van der Waals surface area contributed by atoms with E-state index in [0.29, 0.717) is 12.8 Å². The molecule has 0 spiro atoms. The molecule has 0 saturated heterocycles. The summed E-state index contributed by atoms with van der Waals surface area (Å²) in [6, 6.07) is 0.0277. The van der Waals surface area contributed by atoms with Crippen molar-refractivity contribution < 1.29 is 23.4 Å². The van der Waals surface area contributed by atoms with Crippen molar-refractivity contribution in [3.8, 4) is 0 Å². The van der Waals surface area contributed by atoms with E-state index in [1.54, 1.807) is 0 Å². The third kappa shape index (κ3) is 3.89. The number of hydrogen-bond acceptors (Lipinski definition) is 3. The van der Waals surface area contributed by atoms with Crippen LogP contribution >= 0.6 is 0 Å². The minimum absolute atomic E-state index is 0.0277. The lowest BCUT2D eigenvalue weighted by Crippen LogP contribution is -2.53. The summed E-state index contributed by atoms with van der Waals surface area (Å²) in [5, 5.41) is 12.2. The van der Waals surface area contributed by atoms with Gasteiger partial charge in [0.05, 0.1) is 6.10 Å². The van der Waals surface area contributed by atoms with Gasteiger partial charge in [-0.2, -0.15) is 0 Å². The van der Waals surface area contributed by atoms with Crippen LogP contribution in [0.1, 0.15) is 33.1 Å². The van der Waals surface area contributed by atoms with E-state index < -0.39 is 30.6 Å². The maximum Gasteiger partial charge on any atom is 0.324 e. The number of nitrogens with one attached hydrogen (secondary N) is 1. The summed E-state index contributed by atoms with van der Waals surface area (Å²) >= 11 is 0. The summed E-state index contributed by atoms with van der Waals surface area (Å²) < 4.78 is 29.0. The molecule has 0 aliphatic heterocycles. The lowest BCUT2D eigenvalue weighted by Gasteiger charge is -2.28. The number of carbonyl (C=O) groups is 1. The molecule has 2 unspecified atom stereocenters. The Hall–Kier alpha value is -0.750. The number of aliphatic carboxylic acids is 1. The first-order chi connectivity index (χ1) is 7.85. The summed E-state index contributed by atoms with van der Waals surface area (Å²) in [7, 11) is 0. The van der Waals surface area contributed by atoms with Crippen LogP contribution < -0.4 is 5.32 Å². The number of alkyl halides is 2. The third-order valence-corrected chi connectivity index (χ3v) is 2.90. The van der Waals surface area contributed by atoms with Gasteiger partial charge >= 0.3 is 5.97 Å². The zero-order valence-electron chi connectivity index (χ0n) is 10.1. The molecule has 0 aromatic rings. The van der Waals surface area contributed by atoms with Gasteiger partial charge in [-0.25, -0.2) is 8.78 Å². The monoisotopic (exact) mass is 251 g/mol. The number of rotatable bonds is 6. The maximum atomic E-state index is 12.0. The van der Waals surface area contributed by atoms with E-state index in [0.717, 1.165) is 0 Å². The molecule has 1 aliphatic carbocycles. The Bertz CT molecular complexity index is 273. The van der Waals surface area contributed by atoms with Crippen molar-refractivity contribution in [1.29, 1.82) is 0 Å². The van der Waals surface area contributed by atoms with E-state index in [2.05, 4.69) is 5.32 Å². The standard InChI is InChI=1S/C11H19F2NO3/c1-7(2)14-11(10(15)16)4-3-8(5-11)17-6-9(12)13/h7-9,14H,3-6H2,1-2H3,(H,15,16). The molecule has 0 radical (unpaired) electrons.